The van der Waals surface area contributed by atoms with Gasteiger partial charge in [0, 0.05) is 51.0 Å². The molecule has 9 heteroatoms. The highest BCUT2D eigenvalue weighted by atomic mass is 19.1. The topological polar surface area (TPSA) is 82.2 Å². The van der Waals surface area contributed by atoms with E-state index < -0.39 is 12.0 Å². The van der Waals surface area contributed by atoms with Crippen LogP contribution in [0.2, 0.25) is 0 Å². The summed E-state index contributed by atoms with van der Waals surface area (Å²) in [6.45, 7) is 6.59. The van der Waals surface area contributed by atoms with E-state index >= 15 is 0 Å². The number of esters is 1. The first-order valence-electron chi connectivity index (χ1n) is 12.6. The minimum absolute atomic E-state index is 0.137. The van der Waals surface area contributed by atoms with Gasteiger partial charge in [-0.05, 0) is 55.7 Å². The zero-order valence-electron chi connectivity index (χ0n) is 21.5. The highest BCUT2D eigenvalue weighted by Crippen LogP contribution is 2.33. The van der Waals surface area contributed by atoms with E-state index in [1.807, 2.05) is 31.2 Å². The maximum Gasteiger partial charge on any atom is 0.338 e. The fraction of sp³-hybridized carbons (Fsp3) is 0.393. The molecule has 2 heterocycles. The van der Waals surface area contributed by atoms with E-state index in [0.717, 1.165) is 17.5 Å². The molecule has 0 saturated carbocycles. The maximum atomic E-state index is 13.3. The Balaban J connectivity index is 1.59. The predicted octanol–water partition coefficient (Wildman–Crippen LogP) is 3.50. The second-order valence-corrected chi connectivity index (χ2v) is 9.31. The molecule has 37 heavy (non-hydrogen) atoms. The van der Waals surface area contributed by atoms with Gasteiger partial charge in [0.2, 0.25) is 0 Å². The first kappa shape index (κ1) is 26.3. The van der Waals surface area contributed by atoms with Crippen molar-refractivity contribution >= 4 is 17.9 Å². The third-order valence-electron chi connectivity index (χ3n) is 6.91. The summed E-state index contributed by atoms with van der Waals surface area (Å²) in [5.74, 6) is -0.975. The fourth-order valence-corrected chi connectivity index (χ4v) is 4.86. The molecule has 0 unspecified atom stereocenters. The Morgan fingerprint density at radius 2 is 1.78 bits per heavy atom. The van der Waals surface area contributed by atoms with Crippen molar-refractivity contribution in [2.45, 2.75) is 26.3 Å². The van der Waals surface area contributed by atoms with Crippen molar-refractivity contribution in [3.05, 3.63) is 82.3 Å². The average molecular weight is 509 g/mol. The molecule has 0 aliphatic carbocycles. The van der Waals surface area contributed by atoms with Crippen LogP contribution in [-0.4, -0.2) is 79.0 Å². The van der Waals surface area contributed by atoms with Crippen LogP contribution in [0.25, 0.3) is 0 Å². The quantitative estimate of drug-likeness (QED) is 0.604. The monoisotopic (exact) mass is 508 g/mol. The molecule has 2 aromatic rings. The van der Waals surface area contributed by atoms with Gasteiger partial charge < -0.3 is 15.0 Å². The van der Waals surface area contributed by atoms with E-state index in [2.05, 4.69) is 10.2 Å². The number of likely N-dealkylation sites (N-methyl/N-ethyl adjacent to an activating group) is 1. The number of carbonyl (C=O) groups is 3. The minimum atomic E-state index is -0.623. The summed E-state index contributed by atoms with van der Waals surface area (Å²) in [6.07, 6.45) is 0.728. The van der Waals surface area contributed by atoms with Crippen molar-refractivity contribution in [3.63, 3.8) is 0 Å². The molecule has 0 spiro atoms. The maximum absolute atomic E-state index is 13.3. The summed E-state index contributed by atoms with van der Waals surface area (Å²) in [5, 5.41) is 2.97. The standard InChI is InChI=1S/C28H33FN4O4/c1-4-37-27(35)24-23(31(3)28(36)30-25(24)22-9-6-5-8-19(22)2)18-32-14-7-15-33(17-16-32)26(34)20-10-12-21(29)13-11-20/h5-6,8-13,25H,4,7,14-18H2,1-3H3,(H,30,36)/t25-/m1/s1. The van der Waals surface area contributed by atoms with Gasteiger partial charge in [-0.25, -0.2) is 14.0 Å². The summed E-state index contributed by atoms with van der Waals surface area (Å²) >= 11 is 0. The second kappa shape index (κ2) is 11.6. The molecule has 2 aromatic carbocycles. The molecular formula is C28H33FN4O4. The van der Waals surface area contributed by atoms with Gasteiger partial charge in [-0.15, -0.1) is 0 Å². The molecule has 1 atom stereocenters. The van der Waals surface area contributed by atoms with Gasteiger partial charge >= 0.3 is 12.0 Å². The van der Waals surface area contributed by atoms with Crippen LogP contribution in [0, 0.1) is 12.7 Å². The number of urea groups is 1. The van der Waals surface area contributed by atoms with E-state index in [4.69, 9.17) is 4.74 Å². The van der Waals surface area contributed by atoms with Crippen molar-refractivity contribution in [1.82, 2.24) is 20.0 Å². The lowest BCUT2D eigenvalue weighted by molar-refractivity contribution is -0.139. The number of benzene rings is 2. The van der Waals surface area contributed by atoms with Crippen LogP contribution >= 0.6 is 0 Å². The van der Waals surface area contributed by atoms with Gasteiger partial charge in [-0.3, -0.25) is 14.6 Å². The van der Waals surface area contributed by atoms with Crippen molar-refractivity contribution in [2.75, 3.05) is 46.4 Å². The van der Waals surface area contributed by atoms with Crippen LogP contribution in [0.15, 0.2) is 59.8 Å². The highest BCUT2D eigenvalue weighted by Gasteiger charge is 2.38. The predicted molar refractivity (Wildman–Crippen MR) is 137 cm³/mol. The van der Waals surface area contributed by atoms with Gasteiger partial charge in [-0.1, -0.05) is 24.3 Å². The summed E-state index contributed by atoms with van der Waals surface area (Å²) in [6, 6.07) is 12.3. The van der Waals surface area contributed by atoms with E-state index in [9.17, 15) is 18.8 Å². The zero-order valence-corrected chi connectivity index (χ0v) is 21.5. The number of nitrogens with one attached hydrogen (secondary N) is 1. The summed E-state index contributed by atoms with van der Waals surface area (Å²) in [5.41, 5.74) is 3.27. The lowest BCUT2D eigenvalue weighted by atomic mass is 9.91. The SMILES string of the molecule is CCOC(=O)C1=C(CN2CCCN(C(=O)c3ccc(F)cc3)CC2)N(C)C(=O)N[C@@H]1c1ccccc1C. The lowest BCUT2D eigenvalue weighted by Crippen LogP contribution is -2.49. The molecule has 0 radical (unpaired) electrons. The minimum Gasteiger partial charge on any atom is -0.463 e. The molecular weight excluding hydrogens is 475 g/mol. The molecule has 0 aromatic heterocycles. The molecule has 1 N–H and O–H groups in total. The number of ether oxygens (including phenoxy) is 1. The first-order valence-corrected chi connectivity index (χ1v) is 12.6. The number of nitrogens with zero attached hydrogens (tertiary/aromatic N) is 3. The summed E-state index contributed by atoms with van der Waals surface area (Å²) < 4.78 is 18.7. The fourth-order valence-electron chi connectivity index (χ4n) is 4.86. The Hall–Kier alpha value is -3.72. The van der Waals surface area contributed by atoms with Gasteiger partial charge in [0.25, 0.3) is 5.91 Å². The highest BCUT2D eigenvalue weighted by molar-refractivity contribution is 5.95. The van der Waals surface area contributed by atoms with Crippen molar-refractivity contribution in [3.8, 4) is 0 Å². The van der Waals surface area contributed by atoms with E-state index in [-0.39, 0.29) is 24.4 Å². The Labute approximate surface area is 216 Å². The first-order chi connectivity index (χ1) is 17.8. The molecule has 2 aliphatic heterocycles. The number of halogens is 1. The van der Waals surface area contributed by atoms with Crippen LogP contribution in [0.1, 0.15) is 40.9 Å². The number of hydrogen-bond donors (Lipinski definition) is 1. The van der Waals surface area contributed by atoms with E-state index in [1.165, 1.54) is 29.2 Å². The zero-order chi connectivity index (χ0) is 26.5. The van der Waals surface area contributed by atoms with Crippen molar-refractivity contribution in [1.29, 1.82) is 0 Å². The molecule has 2 aliphatic rings. The average Bonchev–Trinajstić information content (AvgIpc) is 3.13. The van der Waals surface area contributed by atoms with E-state index in [0.29, 0.717) is 49.6 Å². The van der Waals surface area contributed by atoms with Crippen LogP contribution < -0.4 is 5.32 Å². The normalized spacial score (nSPS) is 18.9. The Kier molecular flexibility index (Phi) is 8.23. The van der Waals surface area contributed by atoms with Crippen molar-refractivity contribution in [2.24, 2.45) is 0 Å². The van der Waals surface area contributed by atoms with Crippen LogP contribution in [0.3, 0.4) is 0 Å². The van der Waals surface area contributed by atoms with Crippen molar-refractivity contribution < 1.29 is 23.5 Å². The molecule has 1 fully saturated rings. The Morgan fingerprint density at radius 1 is 1.05 bits per heavy atom. The number of rotatable bonds is 6. The summed E-state index contributed by atoms with van der Waals surface area (Å²) in [7, 11) is 1.65. The Bertz CT molecular complexity index is 1200. The number of hydrogen-bond acceptors (Lipinski definition) is 5. The van der Waals surface area contributed by atoms with Gasteiger partial charge in [0.15, 0.2) is 0 Å². The Morgan fingerprint density at radius 3 is 2.49 bits per heavy atom. The number of amides is 3. The van der Waals surface area contributed by atoms with Gasteiger partial charge in [-0.2, -0.15) is 0 Å². The van der Waals surface area contributed by atoms with Gasteiger partial charge in [0.05, 0.1) is 18.2 Å². The smallest absolute Gasteiger partial charge is 0.338 e. The number of carbonyl (C=O) groups excluding carboxylic acids is 3. The largest absolute Gasteiger partial charge is 0.463 e. The third kappa shape index (κ3) is 5.83. The van der Waals surface area contributed by atoms with Crippen LogP contribution in [0.5, 0.6) is 0 Å². The van der Waals surface area contributed by atoms with E-state index in [1.54, 1.807) is 18.9 Å². The number of aryl methyl sites for hydroxylation is 1. The molecule has 196 valence electrons. The van der Waals surface area contributed by atoms with Gasteiger partial charge in [0.1, 0.15) is 5.82 Å². The molecule has 8 nitrogen and oxygen atoms in total. The third-order valence-corrected chi connectivity index (χ3v) is 6.91. The molecule has 1 saturated heterocycles. The summed E-state index contributed by atoms with van der Waals surface area (Å²) in [4.78, 5) is 44.6. The molecule has 4 rings (SSSR count). The molecule has 3 amide bonds. The van der Waals surface area contributed by atoms with Crippen LogP contribution in [0.4, 0.5) is 9.18 Å². The second-order valence-electron chi connectivity index (χ2n) is 9.31. The lowest BCUT2D eigenvalue weighted by Gasteiger charge is -2.37. The van der Waals surface area contributed by atoms with Crippen LogP contribution in [-0.2, 0) is 9.53 Å². The molecule has 0 bridgehead atoms.